The van der Waals surface area contributed by atoms with Crippen LogP contribution >= 0.6 is 11.6 Å². The lowest BCUT2D eigenvalue weighted by molar-refractivity contribution is 0.900. The van der Waals surface area contributed by atoms with Gasteiger partial charge in [-0.1, -0.05) is 35.9 Å². The molecular formula is C15H11ClN2O2. The summed E-state index contributed by atoms with van der Waals surface area (Å²) >= 11 is 6.07. The molecule has 0 unspecified atom stereocenters. The quantitative estimate of drug-likeness (QED) is 0.748. The fourth-order valence-corrected chi connectivity index (χ4v) is 2.46. The van der Waals surface area contributed by atoms with Crippen LogP contribution in [0.3, 0.4) is 0 Å². The fourth-order valence-electron chi connectivity index (χ4n) is 2.24. The molecule has 1 N–H and O–H groups in total. The van der Waals surface area contributed by atoms with E-state index in [-0.39, 0.29) is 5.56 Å². The summed E-state index contributed by atoms with van der Waals surface area (Å²) in [6.07, 6.45) is 0. The van der Waals surface area contributed by atoms with Crippen LogP contribution in [-0.4, -0.2) is 9.55 Å². The highest BCUT2D eigenvalue weighted by molar-refractivity contribution is 6.32. The summed E-state index contributed by atoms with van der Waals surface area (Å²) in [5.41, 5.74) is 0.920. The van der Waals surface area contributed by atoms with Crippen LogP contribution in [0.2, 0.25) is 5.02 Å². The number of aromatic nitrogens is 2. The number of halogens is 1. The Balaban J connectivity index is 2.48. The third-order valence-electron chi connectivity index (χ3n) is 3.23. The maximum atomic E-state index is 12.5. The van der Waals surface area contributed by atoms with Crippen LogP contribution in [0.15, 0.2) is 52.1 Å². The molecule has 1 heterocycles. The van der Waals surface area contributed by atoms with Crippen LogP contribution in [0.4, 0.5) is 0 Å². The minimum atomic E-state index is -0.495. The minimum Gasteiger partial charge on any atom is -0.306 e. The third kappa shape index (κ3) is 1.85. The molecular weight excluding hydrogens is 276 g/mol. The molecule has 20 heavy (non-hydrogen) atoms. The molecule has 0 saturated carbocycles. The van der Waals surface area contributed by atoms with Crippen molar-refractivity contribution in [3.63, 3.8) is 0 Å². The van der Waals surface area contributed by atoms with E-state index in [1.807, 2.05) is 13.0 Å². The first-order chi connectivity index (χ1) is 9.59. The molecule has 1 aromatic heterocycles. The lowest BCUT2D eigenvalue weighted by atomic mass is 10.1. The zero-order valence-electron chi connectivity index (χ0n) is 10.7. The molecule has 0 radical (unpaired) electrons. The van der Waals surface area contributed by atoms with E-state index in [1.54, 1.807) is 36.4 Å². The van der Waals surface area contributed by atoms with Gasteiger partial charge < -0.3 is 4.98 Å². The summed E-state index contributed by atoms with van der Waals surface area (Å²) in [4.78, 5) is 27.5. The van der Waals surface area contributed by atoms with Crippen LogP contribution in [0.5, 0.6) is 0 Å². The molecule has 0 spiro atoms. The van der Waals surface area contributed by atoms with E-state index in [0.29, 0.717) is 21.6 Å². The molecule has 3 aromatic rings. The predicted octanol–water partition coefficient (Wildman–Crippen LogP) is 2.64. The van der Waals surface area contributed by atoms with Gasteiger partial charge in [0, 0.05) is 0 Å². The number of aromatic amines is 1. The highest BCUT2D eigenvalue weighted by atomic mass is 35.5. The summed E-state index contributed by atoms with van der Waals surface area (Å²) in [5.74, 6) is 0. The van der Waals surface area contributed by atoms with Crippen molar-refractivity contribution in [3.8, 4) is 5.69 Å². The Morgan fingerprint density at radius 3 is 2.55 bits per heavy atom. The largest absolute Gasteiger partial charge is 0.333 e. The van der Waals surface area contributed by atoms with Crippen molar-refractivity contribution in [2.24, 2.45) is 0 Å². The fraction of sp³-hybridized carbons (Fsp3) is 0.0667. The van der Waals surface area contributed by atoms with Gasteiger partial charge in [0.2, 0.25) is 0 Å². The summed E-state index contributed by atoms with van der Waals surface area (Å²) in [7, 11) is 0. The minimum absolute atomic E-state index is 0.354. The maximum Gasteiger partial charge on any atom is 0.333 e. The molecule has 3 rings (SSSR count). The number of nitrogens with zero attached hydrogens (tertiary/aromatic N) is 1. The monoisotopic (exact) mass is 286 g/mol. The molecule has 0 aliphatic rings. The normalized spacial score (nSPS) is 10.9. The van der Waals surface area contributed by atoms with E-state index < -0.39 is 5.69 Å². The molecule has 4 nitrogen and oxygen atoms in total. The van der Waals surface area contributed by atoms with Crippen molar-refractivity contribution in [1.82, 2.24) is 9.55 Å². The number of rotatable bonds is 1. The van der Waals surface area contributed by atoms with E-state index >= 15 is 0 Å². The first kappa shape index (κ1) is 12.7. The molecule has 0 atom stereocenters. The smallest absolute Gasteiger partial charge is 0.306 e. The van der Waals surface area contributed by atoms with Gasteiger partial charge in [0.05, 0.1) is 21.6 Å². The highest BCUT2D eigenvalue weighted by Gasteiger charge is 2.12. The molecule has 2 aromatic carbocycles. The Morgan fingerprint density at radius 1 is 1.05 bits per heavy atom. The highest BCUT2D eigenvalue weighted by Crippen LogP contribution is 2.18. The number of benzene rings is 2. The molecule has 0 aliphatic heterocycles. The average molecular weight is 287 g/mol. The Bertz CT molecular complexity index is 925. The zero-order chi connectivity index (χ0) is 14.3. The first-order valence-electron chi connectivity index (χ1n) is 6.09. The van der Waals surface area contributed by atoms with Crippen molar-refractivity contribution in [2.45, 2.75) is 6.92 Å². The first-order valence-corrected chi connectivity index (χ1v) is 6.47. The number of fused-ring (bicyclic) bond motifs is 1. The second-order valence-electron chi connectivity index (χ2n) is 4.52. The number of para-hydroxylation sites is 2. The van der Waals surface area contributed by atoms with Crippen LogP contribution in [0.25, 0.3) is 16.6 Å². The summed E-state index contributed by atoms with van der Waals surface area (Å²) in [6, 6.07) is 12.1. The van der Waals surface area contributed by atoms with Crippen LogP contribution < -0.4 is 11.2 Å². The van der Waals surface area contributed by atoms with E-state index in [9.17, 15) is 9.59 Å². The lowest BCUT2D eigenvalue weighted by Gasteiger charge is -2.09. The Kier molecular flexibility index (Phi) is 2.95. The summed E-state index contributed by atoms with van der Waals surface area (Å²) < 4.78 is 1.06. The average Bonchev–Trinajstić information content (AvgIpc) is 2.42. The van der Waals surface area contributed by atoms with Gasteiger partial charge in [-0.2, -0.15) is 0 Å². The number of nitrogens with one attached hydrogen (secondary N) is 1. The second kappa shape index (κ2) is 4.65. The van der Waals surface area contributed by atoms with Gasteiger partial charge in [0.15, 0.2) is 0 Å². The van der Waals surface area contributed by atoms with Gasteiger partial charge in [-0.05, 0) is 30.7 Å². The van der Waals surface area contributed by atoms with Crippen molar-refractivity contribution >= 4 is 22.5 Å². The zero-order valence-corrected chi connectivity index (χ0v) is 11.4. The van der Waals surface area contributed by atoms with E-state index in [0.717, 1.165) is 10.1 Å². The molecule has 0 amide bonds. The molecule has 0 bridgehead atoms. The third-order valence-corrected chi connectivity index (χ3v) is 3.55. The Labute approximate surface area is 119 Å². The van der Waals surface area contributed by atoms with Crippen molar-refractivity contribution in [3.05, 3.63) is 73.9 Å². The Hall–Kier alpha value is -2.33. The van der Waals surface area contributed by atoms with Gasteiger partial charge in [0.25, 0.3) is 5.56 Å². The number of hydrogen-bond acceptors (Lipinski definition) is 2. The van der Waals surface area contributed by atoms with Crippen LogP contribution in [0.1, 0.15) is 5.56 Å². The van der Waals surface area contributed by atoms with Gasteiger partial charge in [-0.15, -0.1) is 0 Å². The van der Waals surface area contributed by atoms with Crippen molar-refractivity contribution in [1.29, 1.82) is 0 Å². The van der Waals surface area contributed by atoms with Crippen molar-refractivity contribution < 1.29 is 0 Å². The standard InChI is InChI=1S/C15H11ClN2O2/c1-9-5-4-6-10-13(9)17-15(20)18(14(10)19)12-8-3-2-7-11(12)16/h2-8H,1H3,(H,17,20). The van der Waals surface area contributed by atoms with Crippen LogP contribution in [-0.2, 0) is 0 Å². The lowest BCUT2D eigenvalue weighted by Crippen LogP contribution is -2.33. The Morgan fingerprint density at radius 2 is 1.80 bits per heavy atom. The molecule has 5 heteroatoms. The number of aryl methyl sites for hydroxylation is 1. The van der Waals surface area contributed by atoms with E-state index in [1.165, 1.54) is 0 Å². The summed E-state index contributed by atoms with van der Waals surface area (Å²) in [6.45, 7) is 1.84. The van der Waals surface area contributed by atoms with E-state index in [2.05, 4.69) is 4.98 Å². The van der Waals surface area contributed by atoms with Crippen LogP contribution in [0, 0.1) is 6.92 Å². The molecule has 100 valence electrons. The number of hydrogen-bond donors (Lipinski definition) is 1. The SMILES string of the molecule is Cc1cccc2c(=O)n(-c3ccccc3Cl)c(=O)[nH]c12. The molecule has 0 aliphatic carbocycles. The van der Waals surface area contributed by atoms with Gasteiger partial charge in [-0.25, -0.2) is 9.36 Å². The predicted molar refractivity (Wildman–Crippen MR) is 79.9 cm³/mol. The summed E-state index contributed by atoms with van der Waals surface area (Å²) in [5, 5.41) is 0.816. The molecule has 0 saturated heterocycles. The van der Waals surface area contributed by atoms with Gasteiger partial charge in [0.1, 0.15) is 0 Å². The van der Waals surface area contributed by atoms with Gasteiger partial charge >= 0.3 is 5.69 Å². The second-order valence-corrected chi connectivity index (χ2v) is 4.93. The topological polar surface area (TPSA) is 54.9 Å². The van der Waals surface area contributed by atoms with Gasteiger partial charge in [-0.3, -0.25) is 4.79 Å². The maximum absolute atomic E-state index is 12.5. The van der Waals surface area contributed by atoms with E-state index in [4.69, 9.17) is 11.6 Å². The number of H-pyrrole nitrogens is 1. The van der Waals surface area contributed by atoms with Crippen molar-refractivity contribution in [2.75, 3.05) is 0 Å². The molecule has 0 fully saturated rings.